The van der Waals surface area contributed by atoms with Gasteiger partial charge in [-0.25, -0.2) is 9.55 Å². The van der Waals surface area contributed by atoms with Gasteiger partial charge in [-0.15, -0.1) is 11.3 Å². The molecule has 3 heterocycles. The van der Waals surface area contributed by atoms with Crippen LogP contribution in [-0.2, 0) is 0 Å². The number of benzene rings is 2. The van der Waals surface area contributed by atoms with Gasteiger partial charge in [0.25, 0.3) is 5.56 Å². The molecule has 2 aromatic carbocycles. The Bertz CT molecular complexity index is 1560. The highest BCUT2D eigenvalue weighted by Crippen LogP contribution is 2.35. The smallest absolute Gasteiger partial charge is 0.310 e. The number of hydrogen-bond donors (Lipinski definition) is 0. The summed E-state index contributed by atoms with van der Waals surface area (Å²) in [6, 6.07) is 14.0. The van der Waals surface area contributed by atoms with E-state index in [0.29, 0.717) is 38.1 Å². The number of pyridine rings is 1. The zero-order valence-corrected chi connectivity index (χ0v) is 19.8. The molecule has 0 N–H and O–H groups in total. The maximum Gasteiger partial charge on any atom is 0.310 e. The molecule has 5 aromatic rings. The van der Waals surface area contributed by atoms with E-state index in [9.17, 15) is 4.79 Å². The molecule has 0 aliphatic heterocycles. The summed E-state index contributed by atoms with van der Waals surface area (Å²) in [5.74, 6) is 0.517. The second-order valence-electron chi connectivity index (χ2n) is 7.45. The van der Waals surface area contributed by atoms with Crippen LogP contribution in [0.4, 0.5) is 0 Å². The summed E-state index contributed by atoms with van der Waals surface area (Å²) in [5.41, 5.74) is 2.63. The highest BCUT2D eigenvalue weighted by atomic mass is 35.5. The topological polar surface area (TPSA) is 57.0 Å². The van der Waals surface area contributed by atoms with Gasteiger partial charge in [-0.1, -0.05) is 23.2 Å². The van der Waals surface area contributed by atoms with Gasteiger partial charge in [0.1, 0.15) is 10.6 Å². The summed E-state index contributed by atoms with van der Waals surface area (Å²) in [7, 11) is 0. The van der Waals surface area contributed by atoms with E-state index in [-0.39, 0.29) is 11.6 Å². The van der Waals surface area contributed by atoms with Gasteiger partial charge in [0.2, 0.25) is 0 Å². The van der Waals surface area contributed by atoms with Crippen molar-refractivity contribution in [2.24, 2.45) is 0 Å². The Balaban J connectivity index is 1.88. The zero-order chi connectivity index (χ0) is 22.6. The maximum absolute atomic E-state index is 13.8. The van der Waals surface area contributed by atoms with Gasteiger partial charge in [0.15, 0.2) is 0 Å². The van der Waals surface area contributed by atoms with E-state index >= 15 is 0 Å². The van der Waals surface area contributed by atoms with Crippen LogP contribution in [-0.4, -0.2) is 14.5 Å². The molecule has 0 unspecified atom stereocenters. The van der Waals surface area contributed by atoms with Crippen molar-refractivity contribution >= 4 is 55.7 Å². The van der Waals surface area contributed by atoms with E-state index in [4.69, 9.17) is 37.9 Å². The molecule has 5 rings (SSSR count). The number of aryl methyl sites for hydroxylation is 3. The Morgan fingerprint density at radius 2 is 1.50 bits per heavy atom. The molecule has 0 saturated heterocycles. The van der Waals surface area contributed by atoms with Crippen LogP contribution in [0.3, 0.4) is 0 Å². The van der Waals surface area contributed by atoms with Gasteiger partial charge in [0.05, 0.1) is 22.3 Å². The Hall–Kier alpha value is -2.93. The minimum Gasteiger partial charge on any atom is -0.425 e. The summed E-state index contributed by atoms with van der Waals surface area (Å²) in [5, 5.41) is 2.51. The van der Waals surface area contributed by atoms with Crippen molar-refractivity contribution < 1.29 is 4.74 Å². The van der Waals surface area contributed by atoms with Crippen LogP contribution in [0.15, 0.2) is 53.3 Å². The fourth-order valence-corrected chi connectivity index (χ4v) is 5.01. The molecular formula is C24H17Cl2N3O2S. The van der Waals surface area contributed by atoms with E-state index in [0.717, 1.165) is 20.7 Å². The lowest BCUT2D eigenvalue weighted by atomic mass is 10.1. The number of ether oxygens (including phenoxy) is 1. The normalized spacial score (nSPS) is 11.4. The highest BCUT2D eigenvalue weighted by molar-refractivity contribution is 7.18. The average Bonchev–Trinajstić information content (AvgIpc) is 3.04. The van der Waals surface area contributed by atoms with E-state index < -0.39 is 0 Å². The van der Waals surface area contributed by atoms with Crippen molar-refractivity contribution in [3.8, 4) is 17.4 Å². The van der Waals surface area contributed by atoms with Crippen LogP contribution in [0.1, 0.15) is 16.1 Å². The number of aromatic nitrogens is 3. The second-order valence-corrected chi connectivity index (χ2v) is 9.53. The highest BCUT2D eigenvalue weighted by Gasteiger charge is 2.21. The van der Waals surface area contributed by atoms with Gasteiger partial charge >= 0.3 is 6.01 Å². The summed E-state index contributed by atoms with van der Waals surface area (Å²) in [4.78, 5) is 25.4. The first kappa shape index (κ1) is 20.9. The summed E-state index contributed by atoms with van der Waals surface area (Å²) in [6.45, 7) is 5.90. The lowest BCUT2D eigenvalue weighted by molar-refractivity contribution is 0.427. The first-order valence-electron chi connectivity index (χ1n) is 9.86. The Morgan fingerprint density at radius 3 is 2.16 bits per heavy atom. The van der Waals surface area contributed by atoms with Crippen molar-refractivity contribution in [1.82, 2.24) is 14.5 Å². The second kappa shape index (κ2) is 7.89. The average molecular weight is 482 g/mol. The van der Waals surface area contributed by atoms with E-state index in [1.807, 2.05) is 20.8 Å². The minimum atomic E-state index is -0.253. The Morgan fingerprint density at radius 1 is 0.875 bits per heavy atom. The first-order valence-corrected chi connectivity index (χ1v) is 11.4. The van der Waals surface area contributed by atoms with Gasteiger partial charge in [0, 0.05) is 20.3 Å². The van der Waals surface area contributed by atoms with Crippen LogP contribution in [0, 0.1) is 20.8 Å². The molecule has 0 atom stereocenters. The lowest BCUT2D eigenvalue weighted by Gasteiger charge is -2.15. The molecule has 160 valence electrons. The lowest BCUT2D eigenvalue weighted by Crippen LogP contribution is -2.22. The third kappa shape index (κ3) is 3.45. The largest absolute Gasteiger partial charge is 0.425 e. The standard InChI is InChI=1S/C24H17Cl2N3O2S/c1-12-14(3)32-22-19(12)21-20(13(2)27-22)23(30)29(17-8-4-15(25)5-9-17)24(28-21)31-18-10-6-16(26)7-11-18/h4-11H,1-3H3. The third-order valence-corrected chi connectivity index (χ3v) is 7.00. The molecule has 32 heavy (non-hydrogen) atoms. The van der Waals surface area contributed by atoms with Crippen LogP contribution in [0.2, 0.25) is 10.0 Å². The molecule has 0 spiro atoms. The van der Waals surface area contributed by atoms with Crippen LogP contribution in [0.5, 0.6) is 11.8 Å². The van der Waals surface area contributed by atoms with Crippen molar-refractivity contribution in [3.05, 3.63) is 85.1 Å². The predicted molar refractivity (Wildman–Crippen MR) is 131 cm³/mol. The van der Waals surface area contributed by atoms with Crippen LogP contribution < -0.4 is 10.3 Å². The fourth-order valence-electron chi connectivity index (χ4n) is 3.68. The number of hydrogen-bond acceptors (Lipinski definition) is 5. The zero-order valence-electron chi connectivity index (χ0n) is 17.4. The third-order valence-electron chi connectivity index (χ3n) is 5.39. The number of thiophene rings is 1. The van der Waals surface area contributed by atoms with Crippen molar-refractivity contribution in [1.29, 1.82) is 0 Å². The molecule has 5 nitrogen and oxygen atoms in total. The van der Waals surface area contributed by atoms with Crippen molar-refractivity contribution in [2.75, 3.05) is 0 Å². The molecule has 0 saturated carbocycles. The van der Waals surface area contributed by atoms with Crippen LogP contribution >= 0.6 is 34.5 Å². The summed E-state index contributed by atoms with van der Waals surface area (Å²) >= 11 is 13.7. The maximum atomic E-state index is 13.8. The SMILES string of the molecule is Cc1sc2nc(C)c3c(=O)n(-c4ccc(Cl)cc4)c(Oc4ccc(Cl)cc4)nc3c2c1C. The van der Waals surface area contributed by atoms with Gasteiger partial charge in [-0.3, -0.25) is 4.79 Å². The van der Waals surface area contributed by atoms with E-state index in [1.54, 1.807) is 59.9 Å². The molecule has 0 aliphatic rings. The Kier molecular flexibility index (Phi) is 5.16. The van der Waals surface area contributed by atoms with Gasteiger partial charge in [-0.05, 0) is 74.9 Å². The monoisotopic (exact) mass is 481 g/mol. The predicted octanol–water partition coefficient (Wildman–Crippen LogP) is 7.02. The summed E-state index contributed by atoms with van der Waals surface area (Å²) < 4.78 is 7.56. The first-order chi connectivity index (χ1) is 15.3. The summed E-state index contributed by atoms with van der Waals surface area (Å²) in [6.07, 6.45) is 0. The van der Waals surface area contributed by atoms with Crippen molar-refractivity contribution in [2.45, 2.75) is 20.8 Å². The molecule has 3 aromatic heterocycles. The molecule has 0 fully saturated rings. The van der Waals surface area contributed by atoms with E-state index in [1.165, 1.54) is 4.57 Å². The van der Waals surface area contributed by atoms with Gasteiger partial charge < -0.3 is 4.74 Å². The molecule has 0 amide bonds. The molecule has 0 radical (unpaired) electrons. The van der Waals surface area contributed by atoms with Gasteiger partial charge in [-0.2, -0.15) is 4.98 Å². The molecular weight excluding hydrogens is 465 g/mol. The van der Waals surface area contributed by atoms with Crippen LogP contribution in [0.25, 0.3) is 26.8 Å². The number of rotatable bonds is 3. The quantitative estimate of drug-likeness (QED) is 0.277. The number of halogens is 2. The van der Waals surface area contributed by atoms with E-state index in [2.05, 4.69) is 0 Å². The number of nitrogens with zero attached hydrogens (tertiary/aromatic N) is 3. The number of fused-ring (bicyclic) bond motifs is 3. The minimum absolute atomic E-state index is 0.155. The van der Waals surface area contributed by atoms with Crippen molar-refractivity contribution in [3.63, 3.8) is 0 Å². The Labute approximate surface area is 197 Å². The fraction of sp³-hybridized carbons (Fsp3) is 0.125. The molecule has 8 heteroatoms. The molecule has 0 bridgehead atoms. The molecule has 0 aliphatic carbocycles.